The topological polar surface area (TPSA) is 33.5 Å². The lowest BCUT2D eigenvalue weighted by Gasteiger charge is -2.24. The van der Waals surface area contributed by atoms with E-state index in [9.17, 15) is 4.79 Å². The summed E-state index contributed by atoms with van der Waals surface area (Å²) in [6, 6.07) is 3.86. The molecule has 3 heteroatoms. The van der Waals surface area contributed by atoms with E-state index in [0.29, 0.717) is 18.6 Å². The van der Waals surface area contributed by atoms with Crippen LogP contribution >= 0.6 is 0 Å². The van der Waals surface area contributed by atoms with Crippen molar-refractivity contribution in [3.8, 4) is 0 Å². The van der Waals surface area contributed by atoms with Crippen molar-refractivity contribution >= 4 is 5.78 Å². The van der Waals surface area contributed by atoms with Crippen LogP contribution in [-0.2, 0) is 11.3 Å². The molecular weight excluding hydrogens is 166 g/mol. The largest absolute Gasteiger partial charge is 0.468 e. The highest BCUT2D eigenvalue weighted by Gasteiger charge is 2.16. The van der Waals surface area contributed by atoms with Crippen LogP contribution in [0.1, 0.15) is 18.6 Å². The quantitative estimate of drug-likeness (QED) is 0.688. The summed E-state index contributed by atoms with van der Waals surface area (Å²) in [6.07, 6.45) is 3.08. The number of furan rings is 1. The van der Waals surface area contributed by atoms with Crippen molar-refractivity contribution in [3.63, 3.8) is 0 Å². The summed E-state index contributed by atoms with van der Waals surface area (Å²) < 4.78 is 5.24. The van der Waals surface area contributed by atoms with Gasteiger partial charge < -0.3 is 4.42 Å². The second-order valence-corrected chi connectivity index (χ2v) is 3.39. The fraction of sp³-hybridized carbons (Fsp3) is 0.500. The van der Waals surface area contributed by atoms with Gasteiger partial charge in [0.05, 0.1) is 12.8 Å². The van der Waals surface area contributed by atoms with Gasteiger partial charge in [-0.05, 0) is 12.1 Å². The van der Waals surface area contributed by atoms with Crippen LogP contribution in [0.2, 0.25) is 0 Å². The van der Waals surface area contributed by atoms with Crippen LogP contribution in [0, 0.1) is 0 Å². The number of likely N-dealkylation sites (tertiary alicyclic amines) is 1. The molecule has 70 valence electrons. The van der Waals surface area contributed by atoms with Crippen molar-refractivity contribution in [3.05, 3.63) is 24.2 Å². The van der Waals surface area contributed by atoms with Crippen molar-refractivity contribution in [2.24, 2.45) is 0 Å². The second kappa shape index (κ2) is 3.75. The maximum absolute atomic E-state index is 11.0. The zero-order valence-electron chi connectivity index (χ0n) is 7.53. The fourth-order valence-electron chi connectivity index (χ4n) is 1.58. The van der Waals surface area contributed by atoms with Crippen LogP contribution in [0.3, 0.4) is 0 Å². The van der Waals surface area contributed by atoms with Crippen molar-refractivity contribution in [1.82, 2.24) is 4.90 Å². The number of nitrogens with zero attached hydrogens (tertiary/aromatic N) is 1. The number of ketones is 1. The predicted octanol–water partition coefficient (Wildman–Crippen LogP) is 1.44. The molecule has 1 aromatic heterocycles. The Hall–Kier alpha value is -1.09. The fourth-order valence-corrected chi connectivity index (χ4v) is 1.58. The van der Waals surface area contributed by atoms with Gasteiger partial charge in [-0.3, -0.25) is 9.69 Å². The lowest BCUT2D eigenvalue weighted by atomic mass is 10.1. The summed E-state index contributed by atoms with van der Waals surface area (Å²) >= 11 is 0. The average molecular weight is 179 g/mol. The summed E-state index contributed by atoms with van der Waals surface area (Å²) in [6.45, 7) is 2.58. The lowest BCUT2D eigenvalue weighted by Crippen LogP contribution is -2.33. The van der Waals surface area contributed by atoms with Crippen molar-refractivity contribution in [2.75, 3.05) is 13.1 Å². The van der Waals surface area contributed by atoms with Crippen LogP contribution in [0.15, 0.2) is 22.8 Å². The van der Waals surface area contributed by atoms with Crippen LogP contribution in [0.5, 0.6) is 0 Å². The first-order chi connectivity index (χ1) is 6.34. The lowest BCUT2D eigenvalue weighted by molar-refractivity contribution is -0.121. The molecule has 1 fully saturated rings. The zero-order valence-corrected chi connectivity index (χ0v) is 7.53. The number of hydrogen-bond donors (Lipinski definition) is 0. The first-order valence-corrected chi connectivity index (χ1v) is 4.61. The molecule has 1 aromatic rings. The van der Waals surface area contributed by atoms with Gasteiger partial charge in [0, 0.05) is 25.9 Å². The highest BCUT2D eigenvalue weighted by Crippen LogP contribution is 2.10. The van der Waals surface area contributed by atoms with E-state index in [1.165, 1.54) is 0 Å². The van der Waals surface area contributed by atoms with Crippen LogP contribution in [0.4, 0.5) is 0 Å². The Morgan fingerprint density at radius 1 is 1.38 bits per heavy atom. The highest BCUT2D eigenvalue weighted by molar-refractivity contribution is 5.79. The van der Waals surface area contributed by atoms with Gasteiger partial charge in [-0.1, -0.05) is 0 Å². The molecule has 1 aliphatic rings. The summed E-state index contributed by atoms with van der Waals surface area (Å²) in [7, 11) is 0. The van der Waals surface area contributed by atoms with Gasteiger partial charge >= 0.3 is 0 Å². The number of carbonyl (C=O) groups excluding carboxylic acids is 1. The number of carbonyl (C=O) groups is 1. The minimum Gasteiger partial charge on any atom is -0.468 e. The Morgan fingerprint density at radius 2 is 2.15 bits per heavy atom. The molecule has 0 bridgehead atoms. The predicted molar refractivity (Wildman–Crippen MR) is 48.2 cm³/mol. The highest BCUT2D eigenvalue weighted by atomic mass is 16.3. The molecule has 0 amide bonds. The second-order valence-electron chi connectivity index (χ2n) is 3.39. The SMILES string of the molecule is O=C1CCN(Cc2ccco2)CC1. The molecule has 0 radical (unpaired) electrons. The third kappa shape index (κ3) is 2.18. The molecule has 1 saturated heterocycles. The van der Waals surface area contributed by atoms with Crippen molar-refractivity contribution in [1.29, 1.82) is 0 Å². The molecular formula is C10H13NO2. The van der Waals surface area contributed by atoms with Gasteiger partial charge in [0.15, 0.2) is 0 Å². The van der Waals surface area contributed by atoms with E-state index in [-0.39, 0.29) is 0 Å². The van der Waals surface area contributed by atoms with E-state index < -0.39 is 0 Å². The summed E-state index contributed by atoms with van der Waals surface area (Å²) in [4.78, 5) is 13.2. The third-order valence-corrected chi connectivity index (χ3v) is 2.37. The summed E-state index contributed by atoms with van der Waals surface area (Å²) in [5.74, 6) is 1.37. The van der Waals surface area contributed by atoms with E-state index >= 15 is 0 Å². The number of Topliss-reactive ketones (excluding diaryl/α,β-unsaturated/α-hetero) is 1. The van der Waals surface area contributed by atoms with Crippen molar-refractivity contribution in [2.45, 2.75) is 19.4 Å². The van der Waals surface area contributed by atoms with E-state index in [1.54, 1.807) is 6.26 Å². The molecule has 1 aliphatic heterocycles. The molecule has 0 spiro atoms. The number of rotatable bonds is 2. The Kier molecular flexibility index (Phi) is 2.45. The monoisotopic (exact) mass is 179 g/mol. The van der Waals surface area contributed by atoms with E-state index in [0.717, 1.165) is 25.4 Å². The molecule has 0 saturated carbocycles. The molecule has 0 atom stereocenters. The summed E-state index contributed by atoms with van der Waals surface area (Å²) in [5.41, 5.74) is 0. The maximum atomic E-state index is 11.0. The molecule has 0 N–H and O–H groups in total. The minimum absolute atomic E-state index is 0.385. The van der Waals surface area contributed by atoms with E-state index in [2.05, 4.69) is 4.90 Å². The van der Waals surface area contributed by atoms with Gasteiger partial charge in [0.25, 0.3) is 0 Å². The number of hydrogen-bond acceptors (Lipinski definition) is 3. The molecule has 2 rings (SSSR count). The maximum Gasteiger partial charge on any atom is 0.135 e. The molecule has 13 heavy (non-hydrogen) atoms. The third-order valence-electron chi connectivity index (χ3n) is 2.37. The normalized spacial score (nSPS) is 19.2. The molecule has 0 aliphatic carbocycles. The minimum atomic E-state index is 0.385. The van der Waals surface area contributed by atoms with Gasteiger partial charge in [0.1, 0.15) is 11.5 Å². The zero-order chi connectivity index (χ0) is 9.10. The standard InChI is InChI=1S/C10H13NO2/c12-9-3-5-11(6-4-9)8-10-2-1-7-13-10/h1-2,7H,3-6,8H2. The van der Waals surface area contributed by atoms with Gasteiger partial charge in [-0.2, -0.15) is 0 Å². The first-order valence-electron chi connectivity index (χ1n) is 4.61. The molecule has 3 nitrogen and oxygen atoms in total. The Bertz CT molecular complexity index is 269. The van der Waals surface area contributed by atoms with Gasteiger partial charge in [-0.25, -0.2) is 0 Å². The molecule has 0 aromatic carbocycles. The van der Waals surface area contributed by atoms with Gasteiger partial charge in [0.2, 0.25) is 0 Å². The van der Waals surface area contributed by atoms with Crippen LogP contribution in [-0.4, -0.2) is 23.8 Å². The van der Waals surface area contributed by atoms with Gasteiger partial charge in [-0.15, -0.1) is 0 Å². The van der Waals surface area contributed by atoms with Crippen LogP contribution in [0.25, 0.3) is 0 Å². The molecule has 0 unspecified atom stereocenters. The van der Waals surface area contributed by atoms with Crippen LogP contribution < -0.4 is 0 Å². The first kappa shape index (κ1) is 8.51. The Balaban J connectivity index is 1.86. The summed E-state index contributed by atoms with van der Waals surface area (Å²) in [5, 5.41) is 0. The average Bonchev–Trinajstić information content (AvgIpc) is 2.62. The number of piperidine rings is 1. The van der Waals surface area contributed by atoms with E-state index in [4.69, 9.17) is 4.42 Å². The van der Waals surface area contributed by atoms with E-state index in [1.807, 2.05) is 12.1 Å². The molecule has 2 heterocycles. The van der Waals surface area contributed by atoms with Crippen molar-refractivity contribution < 1.29 is 9.21 Å². The smallest absolute Gasteiger partial charge is 0.135 e. The Labute approximate surface area is 77.3 Å². The Morgan fingerprint density at radius 3 is 2.77 bits per heavy atom.